The standard InChI is InChI=1S/C26H43N3O5/c1-16(2)10-11-18(5)29(24(32)19(6)28-25(33)34-26(7,8)9)22(23(31)27-17(3)4)20-12-14-21(30)15-13-20/h12-19,22,30H,10-11H2,1-9H3,(H,27,31)(H,28,33). The van der Waals surface area contributed by atoms with E-state index in [1.54, 1.807) is 44.7 Å². The van der Waals surface area contributed by atoms with Crippen LogP contribution in [0.4, 0.5) is 4.79 Å². The lowest BCUT2D eigenvalue weighted by Gasteiger charge is -2.38. The van der Waals surface area contributed by atoms with Gasteiger partial charge in [0, 0.05) is 12.1 Å². The summed E-state index contributed by atoms with van der Waals surface area (Å²) in [7, 11) is 0. The number of rotatable bonds is 10. The molecular formula is C26H43N3O5. The molecule has 3 amide bonds. The molecule has 1 aromatic carbocycles. The van der Waals surface area contributed by atoms with Crippen LogP contribution in [-0.4, -0.2) is 51.6 Å². The van der Waals surface area contributed by atoms with Gasteiger partial charge in [-0.2, -0.15) is 0 Å². The number of carbonyl (C=O) groups excluding carboxylic acids is 3. The number of hydrogen-bond acceptors (Lipinski definition) is 5. The van der Waals surface area contributed by atoms with Crippen molar-refractivity contribution in [2.75, 3.05) is 0 Å². The Bertz CT molecular complexity index is 815. The average molecular weight is 478 g/mol. The SMILES string of the molecule is CC(C)CCC(C)N(C(=O)C(C)NC(=O)OC(C)(C)C)C(C(=O)NC(C)C)c1ccc(O)cc1. The third-order valence-corrected chi connectivity index (χ3v) is 5.16. The molecule has 0 aliphatic heterocycles. The fourth-order valence-electron chi connectivity index (χ4n) is 3.54. The number of phenols is 1. The number of ether oxygens (including phenoxy) is 1. The highest BCUT2D eigenvalue weighted by Gasteiger charge is 2.37. The van der Waals surface area contributed by atoms with E-state index in [0.29, 0.717) is 17.9 Å². The first-order valence-corrected chi connectivity index (χ1v) is 12.0. The normalized spacial score (nSPS) is 14.3. The van der Waals surface area contributed by atoms with Gasteiger partial charge in [-0.1, -0.05) is 26.0 Å². The molecular weight excluding hydrogens is 434 g/mol. The Hall–Kier alpha value is -2.77. The molecule has 3 atom stereocenters. The van der Waals surface area contributed by atoms with Crippen molar-refractivity contribution >= 4 is 17.9 Å². The summed E-state index contributed by atoms with van der Waals surface area (Å²) in [6.45, 7) is 16.7. The Morgan fingerprint density at radius 3 is 1.97 bits per heavy atom. The van der Waals surface area contributed by atoms with Crippen LogP contribution in [0, 0.1) is 5.92 Å². The summed E-state index contributed by atoms with van der Waals surface area (Å²) in [6, 6.07) is 4.01. The molecule has 0 radical (unpaired) electrons. The van der Waals surface area contributed by atoms with Crippen LogP contribution in [0.25, 0.3) is 0 Å². The minimum atomic E-state index is -0.930. The number of nitrogens with one attached hydrogen (secondary N) is 2. The molecule has 0 bridgehead atoms. The molecule has 0 aliphatic rings. The molecule has 0 aliphatic carbocycles. The van der Waals surface area contributed by atoms with Crippen molar-refractivity contribution in [3.05, 3.63) is 29.8 Å². The zero-order chi connectivity index (χ0) is 26.2. The third-order valence-electron chi connectivity index (χ3n) is 5.16. The minimum Gasteiger partial charge on any atom is -0.508 e. The van der Waals surface area contributed by atoms with Crippen LogP contribution in [-0.2, 0) is 14.3 Å². The summed E-state index contributed by atoms with van der Waals surface area (Å²) >= 11 is 0. The van der Waals surface area contributed by atoms with Gasteiger partial charge in [0.25, 0.3) is 0 Å². The number of hydrogen-bond donors (Lipinski definition) is 3. The molecule has 8 heteroatoms. The zero-order valence-corrected chi connectivity index (χ0v) is 22.1. The molecule has 0 saturated carbocycles. The number of carbonyl (C=O) groups is 3. The van der Waals surface area contributed by atoms with E-state index in [0.717, 1.165) is 6.42 Å². The van der Waals surface area contributed by atoms with Crippen LogP contribution in [0.2, 0.25) is 0 Å². The largest absolute Gasteiger partial charge is 0.508 e. The van der Waals surface area contributed by atoms with E-state index < -0.39 is 23.8 Å². The van der Waals surface area contributed by atoms with Crippen molar-refractivity contribution in [3.63, 3.8) is 0 Å². The van der Waals surface area contributed by atoms with Crippen LogP contribution >= 0.6 is 0 Å². The van der Waals surface area contributed by atoms with Crippen molar-refractivity contribution in [1.29, 1.82) is 0 Å². The minimum absolute atomic E-state index is 0.0671. The predicted molar refractivity (Wildman–Crippen MR) is 133 cm³/mol. The Morgan fingerprint density at radius 2 is 1.50 bits per heavy atom. The van der Waals surface area contributed by atoms with E-state index in [-0.39, 0.29) is 29.6 Å². The molecule has 3 unspecified atom stereocenters. The van der Waals surface area contributed by atoms with Gasteiger partial charge in [0.15, 0.2) is 0 Å². The second-order valence-corrected chi connectivity index (χ2v) is 10.6. The number of amides is 3. The lowest BCUT2D eigenvalue weighted by molar-refractivity contribution is -0.145. The van der Waals surface area contributed by atoms with Gasteiger partial charge in [0.1, 0.15) is 23.4 Å². The predicted octanol–water partition coefficient (Wildman–Crippen LogP) is 4.52. The Balaban J connectivity index is 3.40. The highest BCUT2D eigenvalue weighted by molar-refractivity contribution is 5.92. The molecule has 0 spiro atoms. The van der Waals surface area contributed by atoms with E-state index in [4.69, 9.17) is 4.74 Å². The van der Waals surface area contributed by atoms with Gasteiger partial charge in [0.05, 0.1) is 0 Å². The van der Waals surface area contributed by atoms with Crippen LogP contribution in [0.1, 0.15) is 86.8 Å². The highest BCUT2D eigenvalue weighted by Crippen LogP contribution is 2.28. The van der Waals surface area contributed by atoms with Gasteiger partial charge in [-0.15, -0.1) is 0 Å². The van der Waals surface area contributed by atoms with Crippen molar-refractivity contribution in [1.82, 2.24) is 15.5 Å². The summed E-state index contributed by atoms with van der Waals surface area (Å²) < 4.78 is 5.31. The monoisotopic (exact) mass is 477 g/mol. The second kappa shape index (κ2) is 12.6. The van der Waals surface area contributed by atoms with E-state index in [1.807, 2.05) is 20.8 Å². The summed E-state index contributed by atoms with van der Waals surface area (Å²) in [4.78, 5) is 41.0. The summed E-state index contributed by atoms with van der Waals surface area (Å²) in [5, 5.41) is 15.3. The Labute approximate surface area is 204 Å². The van der Waals surface area contributed by atoms with Crippen LogP contribution < -0.4 is 10.6 Å². The number of aromatic hydroxyl groups is 1. The fourth-order valence-corrected chi connectivity index (χ4v) is 3.54. The van der Waals surface area contributed by atoms with Crippen molar-refractivity contribution in [2.45, 2.75) is 105 Å². The maximum atomic E-state index is 13.7. The van der Waals surface area contributed by atoms with Crippen molar-refractivity contribution < 1.29 is 24.2 Å². The molecule has 0 heterocycles. The first-order chi connectivity index (χ1) is 15.6. The summed E-state index contributed by atoms with van der Waals surface area (Å²) in [5.74, 6) is -0.222. The van der Waals surface area contributed by atoms with Gasteiger partial charge >= 0.3 is 6.09 Å². The number of alkyl carbamates (subject to hydrolysis) is 1. The smallest absolute Gasteiger partial charge is 0.408 e. The van der Waals surface area contributed by atoms with Crippen LogP contribution in [0.15, 0.2) is 24.3 Å². The van der Waals surface area contributed by atoms with E-state index >= 15 is 0 Å². The first-order valence-electron chi connectivity index (χ1n) is 12.0. The molecule has 0 aromatic heterocycles. The number of phenolic OH excluding ortho intramolecular Hbond substituents is 1. The maximum Gasteiger partial charge on any atom is 0.408 e. The molecule has 192 valence electrons. The zero-order valence-electron chi connectivity index (χ0n) is 22.1. The van der Waals surface area contributed by atoms with Crippen LogP contribution in [0.3, 0.4) is 0 Å². The quantitative estimate of drug-likeness (QED) is 0.459. The maximum absolute atomic E-state index is 13.7. The molecule has 8 nitrogen and oxygen atoms in total. The van der Waals surface area contributed by atoms with Gasteiger partial charge in [-0.3, -0.25) is 9.59 Å². The van der Waals surface area contributed by atoms with Gasteiger partial charge in [-0.25, -0.2) is 4.79 Å². The van der Waals surface area contributed by atoms with Gasteiger partial charge in [0.2, 0.25) is 11.8 Å². The molecule has 0 fully saturated rings. The second-order valence-electron chi connectivity index (χ2n) is 10.6. The van der Waals surface area contributed by atoms with Gasteiger partial charge in [-0.05, 0) is 84.9 Å². The molecule has 34 heavy (non-hydrogen) atoms. The molecule has 1 rings (SSSR count). The lowest BCUT2D eigenvalue weighted by Crippen LogP contribution is -2.55. The Kier molecular flexibility index (Phi) is 10.9. The van der Waals surface area contributed by atoms with E-state index in [1.165, 1.54) is 12.1 Å². The summed E-state index contributed by atoms with van der Waals surface area (Å²) in [5.41, 5.74) is -0.131. The molecule has 3 N–H and O–H groups in total. The van der Waals surface area contributed by atoms with Crippen molar-refractivity contribution in [3.8, 4) is 5.75 Å². The topological polar surface area (TPSA) is 108 Å². The molecule has 0 saturated heterocycles. The number of benzene rings is 1. The van der Waals surface area contributed by atoms with Crippen molar-refractivity contribution in [2.24, 2.45) is 5.92 Å². The fraction of sp³-hybridized carbons (Fsp3) is 0.654. The Morgan fingerprint density at radius 1 is 0.941 bits per heavy atom. The first kappa shape index (κ1) is 29.3. The van der Waals surface area contributed by atoms with Gasteiger partial charge < -0.3 is 25.4 Å². The lowest BCUT2D eigenvalue weighted by atomic mass is 9.97. The number of nitrogens with zero attached hydrogens (tertiary/aromatic N) is 1. The van der Waals surface area contributed by atoms with Crippen LogP contribution in [0.5, 0.6) is 5.75 Å². The average Bonchev–Trinajstić information content (AvgIpc) is 2.68. The molecule has 1 aromatic rings. The highest BCUT2D eigenvalue weighted by atomic mass is 16.6. The third kappa shape index (κ3) is 9.61. The van der Waals surface area contributed by atoms with E-state index in [9.17, 15) is 19.5 Å². The van der Waals surface area contributed by atoms with E-state index in [2.05, 4.69) is 24.5 Å². The summed E-state index contributed by atoms with van der Waals surface area (Å²) in [6.07, 6.45) is 0.856.